The van der Waals surface area contributed by atoms with Crippen molar-refractivity contribution < 1.29 is 4.74 Å². The number of hydrogen-bond donors (Lipinski definition) is 0. The van der Waals surface area contributed by atoms with Crippen LogP contribution in [-0.2, 0) is 4.74 Å². The summed E-state index contributed by atoms with van der Waals surface area (Å²) in [5.41, 5.74) is 0. The maximum Gasteiger partial charge on any atom is 0.152 e. The molecule has 0 saturated carbocycles. The molecule has 1 aromatic rings. The Morgan fingerprint density at radius 1 is 1.58 bits per heavy atom. The lowest BCUT2D eigenvalue weighted by molar-refractivity contribution is 0.0956. The molecule has 0 amide bonds. The summed E-state index contributed by atoms with van der Waals surface area (Å²) in [6.45, 7) is 0.822. The molecule has 0 saturated heterocycles. The highest BCUT2D eigenvalue weighted by atomic mass is 32.1. The Bertz CT molecular complexity index is 291. The van der Waals surface area contributed by atoms with Gasteiger partial charge in [0.05, 0.1) is 0 Å². The molecule has 0 aromatic carbocycles. The van der Waals surface area contributed by atoms with Gasteiger partial charge in [-0.15, -0.1) is 17.3 Å². The van der Waals surface area contributed by atoms with Gasteiger partial charge in [-0.25, -0.2) is 0 Å². The number of rotatable bonds is 1. The van der Waals surface area contributed by atoms with Crippen molar-refractivity contribution in [1.82, 2.24) is 0 Å². The standard InChI is InChI=1S/C10H10OS/c1-2-5-9(11-7-3-1)10-6-4-8-12-10/h4,6,8-9H,1,3,7H2/t9-/m0/s1. The van der Waals surface area contributed by atoms with Gasteiger partial charge in [-0.3, -0.25) is 0 Å². The lowest BCUT2D eigenvalue weighted by Gasteiger charge is -2.07. The van der Waals surface area contributed by atoms with Gasteiger partial charge in [0.1, 0.15) is 0 Å². The number of thiophene rings is 1. The van der Waals surface area contributed by atoms with Gasteiger partial charge in [0.25, 0.3) is 0 Å². The van der Waals surface area contributed by atoms with E-state index in [1.54, 1.807) is 11.3 Å². The van der Waals surface area contributed by atoms with Gasteiger partial charge in [-0.05, 0) is 17.9 Å². The molecule has 12 heavy (non-hydrogen) atoms. The molecule has 2 rings (SSSR count). The zero-order valence-corrected chi connectivity index (χ0v) is 7.56. The van der Waals surface area contributed by atoms with Crippen LogP contribution in [0.2, 0.25) is 0 Å². The van der Waals surface area contributed by atoms with Crippen molar-refractivity contribution in [1.29, 1.82) is 0 Å². The number of ether oxygens (including phenoxy) is 1. The molecule has 1 aliphatic heterocycles. The lowest BCUT2D eigenvalue weighted by atomic mass is 10.3. The van der Waals surface area contributed by atoms with E-state index >= 15 is 0 Å². The third-order valence-corrected chi connectivity index (χ3v) is 2.68. The first-order valence-corrected chi connectivity index (χ1v) is 4.98. The Morgan fingerprint density at radius 2 is 2.58 bits per heavy atom. The van der Waals surface area contributed by atoms with E-state index in [0.29, 0.717) is 0 Å². The largest absolute Gasteiger partial charge is 0.360 e. The van der Waals surface area contributed by atoms with E-state index in [2.05, 4.69) is 23.3 Å². The van der Waals surface area contributed by atoms with Gasteiger partial charge in [-0.2, -0.15) is 0 Å². The normalized spacial score (nSPS) is 22.5. The Kier molecular flexibility index (Phi) is 2.45. The van der Waals surface area contributed by atoms with Gasteiger partial charge in [0, 0.05) is 17.9 Å². The molecule has 1 atom stereocenters. The summed E-state index contributed by atoms with van der Waals surface area (Å²) < 4.78 is 5.58. The SMILES string of the molecule is C1#C[C@@H](c2cccs2)OCCC1. The fourth-order valence-electron chi connectivity index (χ4n) is 1.16. The summed E-state index contributed by atoms with van der Waals surface area (Å²) in [5.74, 6) is 6.24. The third-order valence-electron chi connectivity index (χ3n) is 1.77. The second kappa shape index (κ2) is 3.75. The zero-order valence-electron chi connectivity index (χ0n) is 6.75. The highest BCUT2D eigenvalue weighted by Gasteiger charge is 2.10. The first kappa shape index (κ1) is 7.85. The van der Waals surface area contributed by atoms with Crippen LogP contribution in [0.15, 0.2) is 17.5 Å². The van der Waals surface area contributed by atoms with Crippen molar-refractivity contribution in [3.8, 4) is 11.8 Å². The molecule has 1 aromatic heterocycles. The van der Waals surface area contributed by atoms with Crippen molar-refractivity contribution >= 4 is 11.3 Å². The van der Waals surface area contributed by atoms with Crippen LogP contribution in [0.5, 0.6) is 0 Å². The van der Waals surface area contributed by atoms with Crippen molar-refractivity contribution in [2.75, 3.05) is 6.61 Å². The van der Waals surface area contributed by atoms with E-state index in [1.807, 2.05) is 6.07 Å². The summed E-state index contributed by atoms with van der Waals surface area (Å²) in [7, 11) is 0. The van der Waals surface area contributed by atoms with Crippen LogP contribution in [0, 0.1) is 11.8 Å². The molecule has 0 radical (unpaired) electrons. The smallest absolute Gasteiger partial charge is 0.152 e. The Labute approximate surface area is 76.4 Å². The Hall–Kier alpha value is -0.780. The summed E-state index contributed by atoms with van der Waals surface area (Å²) in [4.78, 5) is 1.23. The van der Waals surface area contributed by atoms with Crippen molar-refractivity contribution in [3.63, 3.8) is 0 Å². The van der Waals surface area contributed by atoms with E-state index in [1.165, 1.54) is 4.88 Å². The predicted molar refractivity (Wildman–Crippen MR) is 50.0 cm³/mol. The van der Waals surface area contributed by atoms with Crippen LogP contribution in [0.1, 0.15) is 23.8 Å². The third kappa shape index (κ3) is 1.69. The highest BCUT2D eigenvalue weighted by Crippen LogP contribution is 2.23. The zero-order chi connectivity index (χ0) is 8.23. The molecule has 1 aliphatic rings. The maximum absolute atomic E-state index is 5.58. The first-order valence-electron chi connectivity index (χ1n) is 4.10. The van der Waals surface area contributed by atoms with Crippen molar-refractivity contribution in [2.24, 2.45) is 0 Å². The van der Waals surface area contributed by atoms with E-state index < -0.39 is 0 Å². The fraction of sp³-hybridized carbons (Fsp3) is 0.400. The minimum atomic E-state index is 0.0347. The topological polar surface area (TPSA) is 9.23 Å². The molecule has 0 fully saturated rings. The molecule has 0 unspecified atom stereocenters. The second-order valence-corrected chi connectivity index (χ2v) is 3.67. The summed E-state index contributed by atoms with van der Waals surface area (Å²) in [5, 5.41) is 2.06. The second-order valence-electron chi connectivity index (χ2n) is 2.69. The van der Waals surface area contributed by atoms with Gasteiger partial charge in [-0.1, -0.05) is 12.0 Å². The summed E-state index contributed by atoms with van der Waals surface area (Å²) >= 11 is 1.71. The van der Waals surface area contributed by atoms with E-state index in [9.17, 15) is 0 Å². The molecule has 2 heterocycles. The van der Waals surface area contributed by atoms with Crippen molar-refractivity contribution in [3.05, 3.63) is 22.4 Å². The molecule has 0 bridgehead atoms. The van der Waals surface area contributed by atoms with E-state index in [-0.39, 0.29) is 6.10 Å². The molecular weight excluding hydrogens is 168 g/mol. The molecular formula is C10H10OS. The molecule has 0 spiro atoms. The predicted octanol–water partition coefficient (Wildman–Crippen LogP) is 2.60. The Morgan fingerprint density at radius 3 is 3.42 bits per heavy atom. The van der Waals surface area contributed by atoms with Gasteiger partial charge in [0.15, 0.2) is 6.10 Å². The number of hydrogen-bond acceptors (Lipinski definition) is 2. The van der Waals surface area contributed by atoms with Crippen LogP contribution in [0.4, 0.5) is 0 Å². The molecule has 0 aliphatic carbocycles. The Balaban J connectivity index is 2.15. The maximum atomic E-state index is 5.58. The van der Waals surface area contributed by atoms with E-state index in [0.717, 1.165) is 19.4 Å². The highest BCUT2D eigenvalue weighted by molar-refractivity contribution is 7.10. The fourth-order valence-corrected chi connectivity index (χ4v) is 1.88. The van der Waals surface area contributed by atoms with Gasteiger partial charge >= 0.3 is 0 Å². The molecule has 1 nitrogen and oxygen atoms in total. The lowest BCUT2D eigenvalue weighted by Crippen LogP contribution is -1.99. The average Bonchev–Trinajstić information content (AvgIpc) is 2.48. The molecule has 0 N–H and O–H groups in total. The van der Waals surface area contributed by atoms with E-state index in [4.69, 9.17) is 4.74 Å². The summed E-state index contributed by atoms with van der Waals surface area (Å²) in [6, 6.07) is 4.12. The minimum absolute atomic E-state index is 0.0347. The minimum Gasteiger partial charge on any atom is -0.360 e. The van der Waals surface area contributed by atoms with Gasteiger partial charge < -0.3 is 4.74 Å². The van der Waals surface area contributed by atoms with Gasteiger partial charge in [0.2, 0.25) is 0 Å². The van der Waals surface area contributed by atoms with Crippen LogP contribution < -0.4 is 0 Å². The van der Waals surface area contributed by atoms with Crippen LogP contribution in [-0.4, -0.2) is 6.61 Å². The van der Waals surface area contributed by atoms with Crippen molar-refractivity contribution in [2.45, 2.75) is 18.9 Å². The first-order chi connectivity index (χ1) is 5.97. The van der Waals surface area contributed by atoms with Crippen LogP contribution >= 0.6 is 11.3 Å². The quantitative estimate of drug-likeness (QED) is 0.601. The summed E-state index contributed by atoms with van der Waals surface area (Å²) in [6.07, 6.45) is 2.07. The molecule has 62 valence electrons. The van der Waals surface area contributed by atoms with Crippen LogP contribution in [0.25, 0.3) is 0 Å². The van der Waals surface area contributed by atoms with Crippen LogP contribution in [0.3, 0.4) is 0 Å². The monoisotopic (exact) mass is 178 g/mol. The average molecular weight is 178 g/mol. The molecule has 2 heteroatoms.